The SMILES string of the molecule is O=C(O)CSC(=S)c1ccc(CC(F)(F)F)cc1. The van der Waals surface area contributed by atoms with Crippen LogP contribution in [0, 0.1) is 0 Å². The number of benzene rings is 1. The molecule has 1 aromatic carbocycles. The average Bonchev–Trinajstić information content (AvgIpc) is 2.24. The van der Waals surface area contributed by atoms with Crippen LogP contribution in [0.25, 0.3) is 0 Å². The van der Waals surface area contributed by atoms with E-state index in [2.05, 4.69) is 0 Å². The van der Waals surface area contributed by atoms with Crippen molar-refractivity contribution < 1.29 is 23.1 Å². The molecule has 0 amide bonds. The van der Waals surface area contributed by atoms with Crippen LogP contribution >= 0.6 is 24.0 Å². The van der Waals surface area contributed by atoms with Gasteiger partial charge in [-0.25, -0.2) is 0 Å². The zero-order valence-electron chi connectivity index (χ0n) is 9.03. The van der Waals surface area contributed by atoms with Crippen molar-refractivity contribution in [1.82, 2.24) is 0 Å². The monoisotopic (exact) mass is 294 g/mol. The molecule has 0 atom stereocenters. The molecule has 0 aliphatic heterocycles. The summed E-state index contributed by atoms with van der Waals surface area (Å²) in [4.78, 5) is 10.3. The molecule has 7 heteroatoms. The van der Waals surface area contributed by atoms with Crippen LogP contribution in [-0.4, -0.2) is 27.2 Å². The molecular weight excluding hydrogens is 285 g/mol. The number of thiocarbonyl (C=S) groups is 1. The van der Waals surface area contributed by atoms with Gasteiger partial charge in [0.2, 0.25) is 0 Å². The number of hydrogen-bond donors (Lipinski definition) is 1. The first-order valence-corrected chi connectivity index (χ1v) is 6.22. The molecule has 0 fully saturated rings. The van der Waals surface area contributed by atoms with Gasteiger partial charge in [0.25, 0.3) is 0 Å². The van der Waals surface area contributed by atoms with Crippen LogP contribution in [0.4, 0.5) is 13.2 Å². The van der Waals surface area contributed by atoms with E-state index in [1.807, 2.05) is 0 Å². The first-order valence-electron chi connectivity index (χ1n) is 4.82. The molecule has 1 N–H and O–H groups in total. The van der Waals surface area contributed by atoms with E-state index in [1.54, 1.807) is 0 Å². The minimum absolute atomic E-state index is 0.150. The topological polar surface area (TPSA) is 37.3 Å². The maximum atomic E-state index is 12.1. The quantitative estimate of drug-likeness (QED) is 0.865. The third kappa shape index (κ3) is 5.50. The smallest absolute Gasteiger partial charge is 0.393 e. The van der Waals surface area contributed by atoms with Crippen molar-refractivity contribution in [2.24, 2.45) is 0 Å². The lowest BCUT2D eigenvalue weighted by atomic mass is 10.1. The Hall–Kier alpha value is -1.08. The number of carboxylic acid groups (broad SMARTS) is 1. The summed E-state index contributed by atoms with van der Waals surface area (Å²) in [7, 11) is 0. The van der Waals surface area contributed by atoms with E-state index in [0.717, 1.165) is 11.8 Å². The van der Waals surface area contributed by atoms with E-state index in [0.29, 0.717) is 9.76 Å². The highest BCUT2D eigenvalue weighted by Crippen LogP contribution is 2.22. The van der Waals surface area contributed by atoms with Gasteiger partial charge in [0.05, 0.1) is 16.4 Å². The van der Waals surface area contributed by atoms with Gasteiger partial charge in [-0.15, -0.1) is 11.8 Å². The van der Waals surface area contributed by atoms with Crippen molar-refractivity contribution in [3.8, 4) is 0 Å². The molecule has 0 aromatic heterocycles. The third-order valence-corrected chi connectivity index (χ3v) is 3.40. The predicted octanol–water partition coefficient (Wildman–Crippen LogP) is 3.28. The Bertz CT molecular complexity index is 441. The molecule has 0 radical (unpaired) electrons. The summed E-state index contributed by atoms with van der Waals surface area (Å²) >= 11 is 5.94. The molecule has 0 unspecified atom stereocenters. The van der Waals surface area contributed by atoms with Gasteiger partial charge in [-0.05, 0) is 11.1 Å². The van der Waals surface area contributed by atoms with Crippen LogP contribution in [0.3, 0.4) is 0 Å². The Morgan fingerprint density at radius 2 is 1.83 bits per heavy atom. The van der Waals surface area contributed by atoms with E-state index in [1.165, 1.54) is 24.3 Å². The minimum atomic E-state index is -4.24. The lowest BCUT2D eigenvalue weighted by Crippen LogP contribution is -2.11. The molecule has 1 aromatic rings. The van der Waals surface area contributed by atoms with Crippen LogP contribution in [0.5, 0.6) is 0 Å². The Morgan fingerprint density at radius 1 is 1.28 bits per heavy atom. The third-order valence-electron chi connectivity index (χ3n) is 1.92. The molecule has 98 valence electrons. The van der Waals surface area contributed by atoms with Gasteiger partial charge in [-0.2, -0.15) is 13.2 Å². The number of carboxylic acids is 1. The molecule has 0 heterocycles. The Balaban J connectivity index is 2.65. The maximum Gasteiger partial charge on any atom is 0.393 e. The molecular formula is C11H9F3O2S2. The normalized spacial score (nSPS) is 11.3. The van der Waals surface area contributed by atoms with Crippen molar-refractivity contribution in [2.45, 2.75) is 12.6 Å². The summed E-state index contributed by atoms with van der Waals surface area (Å²) in [6.07, 6.45) is -5.22. The van der Waals surface area contributed by atoms with Gasteiger partial charge < -0.3 is 5.11 Å². The van der Waals surface area contributed by atoms with Crippen LogP contribution in [-0.2, 0) is 11.2 Å². The van der Waals surface area contributed by atoms with Crippen molar-refractivity contribution in [3.63, 3.8) is 0 Å². The summed E-state index contributed by atoms with van der Waals surface area (Å²) < 4.78 is 36.7. The number of halogens is 3. The van der Waals surface area contributed by atoms with E-state index < -0.39 is 18.6 Å². The number of thioether (sulfide) groups is 1. The number of aliphatic carboxylic acids is 1. The number of rotatable bonds is 4. The molecule has 0 aliphatic carbocycles. The van der Waals surface area contributed by atoms with E-state index in [-0.39, 0.29) is 11.3 Å². The zero-order valence-corrected chi connectivity index (χ0v) is 10.7. The minimum Gasteiger partial charge on any atom is -0.481 e. The maximum absolute atomic E-state index is 12.1. The Labute approximate surface area is 111 Å². The second-order valence-corrected chi connectivity index (χ2v) is 5.11. The average molecular weight is 294 g/mol. The summed E-state index contributed by atoms with van der Waals surface area (Å²) in [5.41, 5.74) is 0.708. The van der Waals surface area contributed by atoms with Gasteiger partial charge in [-0.3, -0.25) is 4.79 Å². The largest absolute Gasteiger partial charge is 0.481 e. The lowest BCUT2D eigenvalue weighted by Gasteiger charge is -2.07. The fourth-order valence-electron chi connectivity index (χ4n) is 1.20. The summed E-state index contributed by atoms with van der Waals surface area (Å²) in [5.74, 6) is -1.15. The van der Waals surface area contributed by atoms with Gasteiger partial charge in [-0.1, -0.05) is 36.5 Å². The van der Waals surface area contributed by atoms with Crippen molar-refractivity contribution in [2.75, 3.05) is 5.75 Å². The second-order valence-electron chi connectivity index (χ2n) is 3.46. The van der Waals surface area contributed by atoms with Crippen molar-refractivity contribution >= 4 is 34.1 Å². The summed E-state index contributed by atoms with van der Waals surface area (Å²) in [6.45, 7) is 0. The van der Waals surface area contributed by atoms with Gasteiger partial charge in [0.15, 0.2) is 0 Å². The zero-order chi connectivity index (χ0) is 13.8. The number of alkyl halides is 3. The highest BCUT2D eigenvalue weighted by Gasteiger charge is 2.27. The molecule has 0 spiro atoms. The van der Waals surface area contributed by atoms with Crippen LogP contribution in [0.1, 0.15) is 11.1 Å². The molecule has 0 saturated carbocycles. The number of carbonyl (C=O) groups is 1. The highest BCUT2D eigenvalue weighted by atomic mass is 32.2. The molecule has 18 heavy (non-hydrogen) atoms. The Morgan fingerprint density at radius 3 is 2.28 bits per heavy atom. The Kier molecular flexibility index (Phi) is 5.15. The van der Waals surface area contributed by atoms with Gasteiger partial charge in [0, 0.05) is 0 Å². The number of hydrogen-bond acceptors (Lipinski definition) is 3. The van der Waals surface area contributed by atoms with Crippen LogP contribution in [0.15, 0.2) is 24.3 Å². The molecule has 0 aliphatic rings. The van der Waals surface area contributed by atoms with E-state index in [4.69, 9.17) is 17.3 Å². The molecule has 2 nitrogen and oxygen atoms in total. The van der Waals surface area contributed by atoms with Crippen molar-refractivity contribution in [3.05, 3.63) is 35.4 Å². The van der Waals surface area contributed by atoms with Gasteiger partial charge >= 0.3 is 12.1 Å². The van der Waals surface area contributed by atoms with E-state index in [9.17, 15) is 18.0 Å². The standard InChI is InChI=1S/C11H9F3O2S2/c12-11(13,14)5-7-1-3-8(4-2-7)10(17)18-6-9(15)16/h1-4H,5-6H2,(H,15,16). The molecule has 1 rings (SSSR count). The fourth-order valence-corrected chi connectivity index (χ4v) is 2.07. The van der Waals surface area contributed by atoms with Crippen LogP contribution < -0.4 is 0 Å². The van der Waals surface area contributed by atoms with Crippen LogP contribution in [0.2, 0.25) is 0 Å². The fraction of sp³-hybridized carbons (Fsp3) is 0.273. The first-order chi connectivity index (χ1) is 8.28. The second kappa shape index (κ2) is 6.19. The van der Waals surface area contributed by atoms with E-state index >= 15 is 0 Å². The predicted molar refractivity (Wildman–Crippen MR) is 68.0 cm³/mol. The molecule has 0 bridgehead atoms. The first kappa shape index (κ1) is 15.0. The summed E-state index contributed by atoms with van der Waals surface area (Å²) in [5, 5.41) is 8.48. The van der Waals surface area contributed by atoms with Gasteiger partial charge in [0.1, 0.15) is 0 Å². The lowest BCUT2D eigenvalue weighted by molar-refractivity contribution is -0.134. The summed E-state index contributed by atoms with van der Waals surface area (Å²) in [6, 6.07) is 5.63. The highest BCUT2D eigenvalue weighted by molar-refractivity contribution is 8.24. The van der Waals surface area contributed by atoms with Crippen molar-refractivity contribution in [1.29, 1.82) is 0 Å². The molecule has 0 saturated heterocycles.